The van der Waals surface area contributed by atoms with Crippen LogP contribution in [0.2, 0.25) is 0 Å². The van der Waals surface area contributed by atoms with Crippen molar-refractivity contribution in [2.24, 2.45) is 22.9 Å². The number of aliphatic hydroxyl groups is 1. The van der Waals surface area contributed by atoms with Crippen molar-refractivity contribution in [2.45, 2.75) is 162 Å². The largest absolute Gasteiger partial charge is 0.461 e. The number of pyridine rings is 2. The number of nitrogens with one attached hydrogen (secondary N) is 1. The van der Waals surface area contributed by atoms with Gasteiger partial charge in [-0.05, 0) is 98.0 Å². The van der Waals surface area contributed by atoms with Crippen LogP contribution in [0.5, 0.6) is 0 Å². The molecule has 4 N–H and O–H groups in total. The van der Waals surface area contributed by atoms with Gasteiger partial charge in [-0.15, -0.1) is 11.3 Å². The van der Waals surface area contributed by atoms with Crippen LogP contribution in [0.4, 0.5) is 5.82 Å². The quantitative estimate of drug-likeness (QED) is 0.0986. The predicted molar refractivity (Wildman–Crippen MR) is 272 cm³/mol. The number of rotatable bonds is 13. The number of carbonyl (C=O) groups is 4. The Labute approximate surface area is 432 Å². The van der Waals surface area contributed by atoms with E-state index >= 15 is 0 Å². The van der Waals surface area contributed by atoms with Gasteiger partial charge in [0, 0.05) is 48.9 Å². The summed E-state index contributed by atoms with van der Waals surface area (Å²) in [5.74, 6) is -4.84. The third kappa shape index (κ3) is 14.3. The van der Waals surface area contributed by atoms with Gasteiger partial charge in [-0.1, -0.05) is 43.6 Å². The molecule has 1 fully saturated rings. The summed E-state index contributed by atoms with van der Waals surface area (Å²) >= 11 is 1.47. The number of cyclic esters (lactones) is 1. The van der Waals surface area contributed by atoms with Crippen LogP contribution in [0.1, 0.15) is 99.1 Å². The third-order valence-electron chi connectivity index (χ3n) is 13.9. The lowest BCUT2D eigenvalue weighted by Gasteiger charge is -2.49. The van der Waals surface area contributed by atoms with Crippen LogP contribution < -0.4 is 11.1 Å². The van der Waals surface area contributed by atoms with Crippen molar-refractivity contribution in [2.75, 3.05) is 33.0 Å². The number of nitrogen functional groups attached to an aromatic ring is 1. The molecule has 3 aromatic heterocycles. The number of anilines is 1. The number of nitrogens with zero attached hydrogens (tertiary/aromatic N) is 4. The van der Waals surface area contributed by atoms with Gasteiger partial charge in [0.15, 0.2) is 19.0 Å². The molecule has 0 aromatic carbocycles. The standard InChI is InChI=1S/C53H74N6O13S/c1-13-42-53(10,64)49-31(4)45(56-34(7)60)29(2)25-52(9,66-27-37(26-65-49)58-67-28-38-20-21-41(73-38)39-18-16-19-43(54)57-39)48(72-51-47(69-35(8)61)40(59(11)12)23-30(3)68-51)32(5)46(33(6)50(63)70-42)71-44(62)24-36-17-14-15-22-55-36/h14-22,30-33,40,42,46-49,51,64H,13,23-28H2,1-12H3,(H2,54,57)(H,56,60)/t30-,31+,32+,33-,40+,42-,46+,47-,48-,49-,51+,52-,53-/m1/s1. The van der Waals surface area contributed by atoms with E-state index in [4.69, 9.17) is 43.7 Å². The van der Waals surface area contributed by atoms with Crippen LogP contribution in [-0.2, 0) is 70.2 Å². The molecular formula is C53H74N6O13S. The minimum absolute atomic E-state index is 0.0449. The number of ether oxygens (including phenoxy) is 7. The minimum Gasteiger partial charge on any atom is -0.461 e. The zero-order valence-corrected chi connectivity index (χ0v) is 44.9. The van der Waals surface area contributed by atoms with Gasteiger partial charge in [-0.2, -0.15) is 0 Å². The number of oxime groups is 1. The zero-order chi connectivity index (χ0) is 53.4. The fraction of sp³-hybridized carbons (Fsp3) is 0.604. The van der Waals surface area contributed by atoms with E-state index in [2.05, 4.69) is 20.4 Å². The molecule has 0 unspecified atom stereocenters. The molecule has 19 nitrogen and oxygen atoms in total. The summed E-state index contributed by atoms with van der Waals surface area (Å²) in [7, 11) is 3.76. The molecule has 400 valence electrons. The highest BCUT2D eigenvalue weighted by atomic mass is 32.1. The van der Waals surface area contributed by atoms with Crippen LogP contribution in [0.15, 0.2) is 71.2 Å². The number of carbonyl (C=O) groups excluding carboxylic acids is 4. The zero-order valence-electron chi connectivity index (χ0n) is 44.1. The van der Waals surface area contributed by atoms with Crippen LogP contribution in [-0.4, -0.2) is 137 Å². The number of esters is 3. The van der Waals surface area contributed by atoms with Crippen LogP contribution >= 0.6 is 11.3 Å². The van der Waals surface area contributed by atoms with Gasteiger partial charge in [0.1, 0.15) is 29.3 Å². The number of amides is 1. The molecule has 3 aromatic rings. The van der Waals surface area contributed by atoms with Crippen LogP contribution in [0, 0.1) is 17.8 Å². The molecule has 6 rings (SSSR count). The molecule has 2 bridgehead atoms. The molecule has 6 heterocycles. The summed E-state index contributed by atoms with van der Waals surface area (Å²) in [5, 5.41) is 20.4. The fourth-order valence-corrected chi connectivity index (χ4v) is 11.2. The molecule has 0 radical (unpaired) electrons. The van der Waals surface area contributed by atoms with Crippen molar-refractivity contribution in [3.63, 3.8) is 0 Å². The molecule has 1 amide bonds. The Bertz CT molecular complexity index is 2450. The first-order valence-electron chi connectivity index (χ1n) is 24.9. The van der Waals surface area contributed by atoms with E-state index in [0.717, 1.165) is 15.4 Å². The fourth-order valence-electron chi connectivity index (χ4n) is 10.3. The van der Waals surface area contributed by atoms with Gasteiger partial charge < -0.3 is 59.1 Å². The number of fused-ring (bicyclic) bond motifs is 4. The van der Waals surface area contributed by atoms with E-state index < -0.39 is 83.7 Å². The Balaban J connectivity index is 1.54. The van der Waals surface area contributed by atoms with E-state index in [0.29, 0.717) is 29.2 Å². The van der Waals surface area contributed by atoms with Gasteiger partial charge in [0.2, 0.25) is 5.91 Å². The molecule has 0 spiro atoms. The van der Waals surface area contributed by atoms with Crippen LogP contribution in [0.3, 0.4) is 0 Å². The second kappa shape index (κ2) is 24.8. The number of nitrogens with two attached hydrogens (primary N) is 1. The maximum absolute atomic E-state index is 14.8. The Morgan fingerprint density at radius 2 is 1.75 bits per heavy atom. The highest BCUT2D eigenvalue weighted by Crippen LogP contribution is 2.42. The Hall–Kier alpha value is -5.35. The van der Waals surface area contributed by atoms with E-state index in [-0.39, 0.29) is 62.8 Å². The topological polar surface area (TPSA) is 242 Å². The van der Waals surface area contributed by atoms with Gasteiger partial charge >= 0.3 is 17.9 Å². The first kappa shape index (κ1) is 56.9. The highest BCUT2D eigenvalue weighted by molar-refractivity contribution is 7.15. The van der Waals surface area contributed by atoms with Gasteiger partial charge in [-0.25, -0.2) is 4.98 Å². The molecule has 0 saturated carbocycles. The Morgan fingerprint density at radius 3 is 2.41 bits per heavy atom. The lowest BCUT2D eigenvalue weighted by Crippen LogP contribution is -2.61. The van der Waals surface area contributed by atoms with E-state index in [1.807, 2.05) is 71.0 Å². The number of thiophene rings is 1. The lowest BCUT2D eigenvalue weighted by atomic mass is 9.76. The van der Waals surface area contributed by atoms with Gasteiger partial charge in [-0.3, -0.25) is 24.2 Å². The maximum Gasteiger partial charge on any atom is 0.312 e. The van der Waals surface area contributed by atoms with E-state index in [1.54, 1.807) is 51.2 Å². The second-order valence-electron chi connectivity index (χ2n) is 20.2. The summed E-state index contributed by atoms with van der Waals surface area (Å²) in [6.45, 7) is 16.4. The average Bonchev–Trinajstić information content (AvgIpc) is 3.80. The smallest absolute Gasteiger partial charge is 0.312 e. The van der Waals surface area contributed by atoms with Crippen molar-refractivity contribution in [3.8, 4) is 10.6 Å². The summed E-state index contributed by atoms with van der Waals surface area (Å²) < 4.78 is 46.4. The van der Waals surface area contributed by atoms with Crippen molar-refractivity contribution < 1.29 is 62.3 Å². The number of aromatic nitrogens is 2. The van der Waals surface area contributed by atoms with E-state index in [9.17, 15) is 24.3 Å². The maximum atomic E-state index is 14.8. The van der Waals surface area contributed by atoms with E-state index in [1.165, 1.54) is 32.1 Å². The van der Waals surface area contributed by atoms with Crippen molar-refractivity contribution in [1.82, 2.24) is 20.2 Å². The molecule has 3 aliphatic heterocycles. The summed E-state index contributed by atoms with van der Waals surface area (Å²) in [6.07, 6.45) is -5.28. The summed E-state index contributed by atoms with van der Waals surface area (Å²) in [4.78, 5) is 73.5. The molecule has 1 saturated heterocycles. The first-order valence-corrected chi connectivity index (χ1v) is 25.7. The third-order valence-corrected chi connectivity index (χ3v) is 14.9. The normalized spacial score (nSPS) is 32.2. The molecule has 0 aliphatic carbocycles. The monoisotopic (exact) mass is 1030 g/mol. The lowest BCUT2D eigenvalue weighted by molar-refractivity contribution is -0.303. The average molecular weight is 1040 g/mol. The van der Waals surface area contributed by atoms with Crippen LogP contribution in [0.25, 0.3) is 10.6 Å². The predicted octanol–water partition coefficient (Wildman–Crippen LogP) is 6.17. The summed E-state index contributed by atoms with van der Waals surface area (Å²) in [5.41, 5.74) is 5.07. The SMILES string of the molecule is CC[C@H]1OC(=O)[C@H](C)[C@@H](OC(=O)Cc2ccccn2)[C@H](C)[C@@H](O[C@@H]2O[C@H](C)C[C@H](N(C)C)[C@H]2OC(C)=O)[C@@]2(C)CC(C)=C(NC(C)=O)[C@H](C)[C@@H](OCC(=NOCc3ccc(-c4cccc(N)n4)s3)CO2)[C@]1(C)O. The number of likely N-dealkylation sites (N-methyl/N-ethyl adjacent to an activating group) is 1. The highest BCUT2D eigenvalue weighted by Gasteiger charge is 2.54. The molecular weight excluding hydrogens is 961 g/mol. The molecule has 3 aliphatic rings. The van der Waals surface area contributed by atoms with Crippen molar-refractivity contribution in [3.05, 3.63) is 76.6 Å². The summed E-state index contributed by atoms with van der Waals surface area (Å²) in [6, 6.07) is 14.1. The second-order valence-corrected chi connectivity index (χ2v) is 21.4. The number of hydrogen-bond acceptors (Lipinski definition) is 19. The molecule has 73 heavy (non-hydrogen) atoms. The molecule has 20 heteroatoms. The van der Waals surface area contributed by atoms with Crippen molar-refractivity contribution >= 4 is 46.7 Å². The van der Waals surface area contributed by atoms with Gasteiger partial charge in [0.25, 0.3) is 0 Å². The van der Waals surface area contributed by atoms with Crippen molar-refractivity contribution in [1.29, 1.82) is 0 Å². The minimum atomic E-state index is -1.91. The number of hydrogen-bond donors (Lipinski definition) is 3. The Kier molecular flexibility index (Phi) is 19.3. The van der Waals surface area contributed by atoms with Gasteiger partial charge in [0.05, 0.1) is 71.8 Å². The first-order chi connectivity index (χ1) is 34.5. The Morgan fingerprint density at radius 1 is 1.00 bits per heavy atom. The molecule has 13 atom stereocenters.